The van der Waals surface area contributed by atoms with Crippen molar-refractivity contribution in [2.24, 2.45) is 0 Å². The molecule has 0 spiro atoms. The number of carbonyl (C=O) groups excluding carboxylic acids is 2. The first kappa shape index (κ1) is 20.6. The van der Waals surface area contributed by atoms with Crippen molar-refractivity contribution in [1.82, 2.24) is 15.6 Å². The summed E-state index contributed by atoms with van der Waals surface area (Å²) in [5.74, 6) is 0.816. The Labute approximate surface area is 169 Å². The Morgan fingerprint density at radius 1 is 1.14 bits per heavy atom. The van der Waals surface area contributed by atoms with Crippen molar-refractivity contribution < 1.29 is 23.8 Å². The molecule has 2 amide bonds. The van der Waals surface area contributed by atoms with Crippen molar-refractivity contribution in [2.75, 3.05) is 33.4 Å². The number of amides is 2. The SMILES string of the molecule is COc1ccc(OCCNC(=O)c2cc(C(=O)NCC3CCCO3)ccn2)cc1. The van der Waals surface area contributed by atoms with Crippen LogP contribution in [0.25, 0.3) is 0 Å². The van der Waals surface area contributed by atoms with Crippen LogP contribution in [0, 0.1) is 0 Å². The molecule has 1 aliphatic heterocycles. The molecule has 8 nitrogen and oxygen atoms in total. The predicted octanol–water partition coefficient (Wildman–Crippen LogP) is 1.81. The van der Waals surface area contributed by atoms with Crippen LogP contribution in [0.15, 0.2) is 42.6 Å². The van der Waals surface area contributed by atoms with Gasteiger partial charge in [-0.15, -0.1) is 0 Å². The number of hydrogen-bond acceptors (Lipinski definition) is 6. The minimum atomic E-state index is -0.364. The third-order valence-corrected chi connectivity index (χ3v) is 4.48. The molecule has 1 aliphatic rings. The number of rotatable bonds is 9. The van der Waals surface area contributed by atoms with E-state index >= 15 is 0 Å². The zero-order valence-corrected chi connectivity index (χ0v) is 16.3. The molecular weight excluding hydrogens is 374 g/mol. The Morgan fingerprint density at radius 3 is 2.66 bits per heavy atom. The fourth-order valence-corrected chi connectivity index (χ4v) is 2.91. The highest BCUT2D eigenvalue weighted by atomic mass is 16.5. The van der Waals surface area contributed by atoms with Crippen molar-refractivity contribution in [3.8, 4) is 11.5 Å². The third-order valence-electron chi connectivity index (χ3n) is 4.48. The maximum atomic E-state index is 12.3. The molecule has 1 saturated heterocycles. The maximum absolute atomic E-state index is 12.3. The van der Waals surface area contributed by atoms with Gasteiger partial charge in [-0.05, 0) is 49.2 Å². The highest BCUT2D eigenvalue weighted by Crippen LogP contribution is 2.16. The summed E-state index contributed by atoms with van der Waals surface area (Å²) >= 11 is 0. The Bertz CT molecular complexity index is 819. The molecule has 1 atom stereocenters. The van der Waals surface area contributed by atoms with E-state index in [4.69, 9.17) is 14.2 Å². The van der Waals surface area contributed by atoms with Crippen molar-refractivity contribution in [3.63, 3.8) is 0 Å². The van der Waals surface area contributed by atoms with Crippen molar-refractivity contribution in [3.05, 3.63) is 53.9 Å². The Kier molecular flexibility index (Phi) is 7.40. The molecule has 0 radical (unpaired) electrons. The molecule has 0 aliphatic carbocycles. The largest absolute Gasteiger partial charge is 0.497 e. The van der Waals surface area contributed by atoms with Crippen LogP contribution < -0.4 is 20.1 Å². The molecule has 3 rings (SSSR count). The molecule has 154 valence electrons. The van der Waals surface area contributed by atoms with Crippen LogP contribution >= 0.6 is 0 Å². The Balaban J connectivity index is 1.43. The van der Waals surface area contributed by atoms with Gasteiger partial charge in [-0.1, -0.05) is 0 Å². The Hall–Kier alpha value is -3.13. The monoisotopic (exact) mass is 399 g/mol. The average Bonchev–Trinajstić information content (AvgIpc) is 3.29. The van der Waals surface area contributed by atoms with E-state index in [-0.39, 0.29) is 23.6 Å². The molecule has 2 N–H and O–H groups in total. The molecule has 2 aromatic rings. The van der Waals surface area contributed by atoms with Crippen LogP contribution in [0.5, 0.6) is 11.5 Å². The van der Waals surface area contributed by atoms with Crippen LogP contribution in [-0.2, 0) is 4.74 Å². The average molecular weight is 399 g/mol. The number of pyridine rings is 1. The molecule has 0 bridgehead atoms. The van der Waals surface area contributed by atoms with Gasteiger partial charge >= 0.3 is 0 Å². The van der Waals surface area contributed by atoms with Gasteiger partial charge in [0, 0.05) is 24.9 Å². The number of methoxy groups -OCH3 is 1. The van der Waals surface area contributed by atoms with Crippen molar-refractivity contribution in [2.45, 2.75) is 18.9 Å². The standard InChI is InChI=1S/C21H25N3O5/c1-27-16-4-6-17(7-5-16)29-12-10-23-21(26)19-13-15(8-9-22-19)20(25)24-14-18-3-2-11-28-18/h4-9,13,18H,2-3,10-12,14H2,1H3,(H,23,26)(H,24,25). The number of benzene rings is 1. The van der Waals surface area contributed by atoms with E-state index in [1.807, 2.05) is 0 Å². The number of nitrogens with zero attached hydrogens (tertiary/aromatic N) is 1. The van der Waals surface area contributed by atoms with E-state index in [9.17, 15) is 9.59 Å². The van der Waals surface area contributed by atoms with Crippen LogP contribution in [0.3, 0.4) is 0 Å². The van der Waals surface area contributed by atoms with E-state index in [1.54, 1.807) is 37.4 Å². The fraction of sp³-hybridized carbons (Fsp3) is 0.381. The molecule has 1 aromatic heterocycles. The maximum Gasteiger partial charge on any atom is 0.270 e. The molecule has 0 saturated carbocycles. The van der Waals surface area contributed by atoms with Gasteiger partial charge in [0.2, 0.25) is 0 Å². The molecular formula is C21H25N3O5. The van der Waals surface area contributed by atoms with E-state index in [0.29, 0.717) is 31.0 Å². The summed E-state index contributed by atoms with van der Waals surface area (Å²) in [4.78, 5) is 28.6. The lowest BCUT2D eigenvalue weighted by Crippen LogP contribution is -2.32. The first-order chi connectivity index (χ1) is 14.2. The van der Waals surface area contributed by atoms with Gasteiger partial charge in [-0.2, -0.15) is 0 Å². The van der Waals surface area contributed by atoms with Crippen molar-refractivity contribution in [1.29, 1.82) is 0 Å². The van der Waals surface area contributed by atoms with Crippen LogP contribution in [0.1, 0.15) is 33.7 Å². The summed E-state index contributed by atoms with van der Waals surface area (Å²) in [7, 11) is 1.60. The van der Waals surface area contributed by atoms with E-state index in [0.717, 1.165) is 25.2 Å². The summed E-state index contributed by atoms with van der Waals surface area (Å²) in [6.07, 6.45) is 3.48. The zero-order valence-electron chi connectivity index (χ0n) is 16.3. The van der Waals surface area contributed by atoms with E-state index in [1.165, 1.54) is 12.3 Å². The zero-order chi connectivity index (χ0) is 20.5. The molecule has 1 aromatic carbocycles. The van der Waals surface area contributed by atoms with Crippen molar-refractivity contribution >= 4 is 11.8 Å². The second-order valence-corrected chi connectivity index (χ2v) is 6.55. The van der Waals surface area contributed by atoms with Gasteiger partial charge < -0.3 is 24.8 Å². The normalized spacial score (nSPS) is 15.6. The van der Waals surface area contributed by atoms with E-state index < -0.39 is 0 Å². The number of aromatic nitrogens is 1. The lowest BCUT2D eigenvalue weighted by molar-refractivity contribution is 0.0857. The first-order valence-electron chi connectivity index (χ1n) is 9.56. The van der Waals surface area contributed by atoms with E-state index in [2.05, 4.69) is 15.6 Å². The second kappa shape index (κ2) is 10.4. The summed E-state index contributed by atoms with van der Waals surface area (Å²) in [6.45, 7) is 1.81. The molecule has 2 heterocycles. The first-order valence-corrected chi connectivity index (χ1v) is 9.56. The highest BCUT2D eigenvalue weighted by Gasteiger charge is 2.17. The number of nitrogens with one attached hydrogen (secondary N) is 2. The van der Waals surface area contributed by atoms with Gasteiger partial charge in [0.15, 0.2) is 0 Å². The molecule has 1 fully saturated rings. The van der Waals surface area contributed by atoms with Gasteiger partial charge in [-0.25, -0.2) is 0 Å². The van der Waals surface area contributed by atoms with Gasteiger partial charge in [0.1, 0.15) is 23.8 Å². The highest BCUT2D eigenvalue weighted by molar-refractivity contribution is 5.98. The Morgan fingerprint density at radius 2 is 1.93 bits per heavy atom. The minimum Gasteiger partial charge on any atom is -0.497 e. The predicted molar refractivity (Wildman–Crippen MR) is 106 cm³/mol. The molecule has 1 unspecified atom stereocenters. The lowest BCUT2D eigenvalue weighted by atomic mass is 10.2. The number of hydrogen-bond donors (Lipinski definition) is 2. The van der Waals surface area contributed by atoms with Gasteiger partial charge in [-0.3, -0.25) is 14.6 Å². The summed E-state index contributed by atoms with van der Waals surface area (Å²) in [5.41, 5.74) is 0.567. The molecule has 29 heavy (non-hydrogen) atoms. The third kappa shape index (κ3) is 6.18. The van der Waals surface area contributed by atoms with Gasteiger partial charge in [0.25, 0.3) is 11.8 Å². The van der Waals surface area contributed by atoms with Crippen LogP contribution in [0.2, 0.25) is 0 Å². The second-order valence-electron chi connectivity index (χ2n) is 6.55. The van der Waals surface area contributed by atoms with Crippen LogP contribution in [-0.4, -0.2) is 56.3 Å². The molecule has 8 heteroatoms. The van der Waals surface area contributed by atoms with Gasteiger partial charge in [0.05, 0.1) is 19.8 Å². The summed E-state index contributed by atoms with van der Waals surface area (Å²) in [5, 5.41) is 5.57. The summed E-state index contributed by atoms with van der Waals surface area (Å²) in [6, 6.07) is 10.2. The summed E-state index contributed by atoms with van der Waals surface area (Å²) < 4.78 is 16.1. The number of ether oxygens (including phenoxy) is 3. The fourth-order valence-electron chi connectivity index (χ4n) is 2.91. The minimum absolute atomic E-state index is 0.0641. The number of carbonyl (C=O) groups is 2. The van der Waals surface area contributed by atoms with Crippen LogP contribution in [0.4, 0.5) is 0 Å². The smallest absolute Gasteiger partial charge is 0.270 e. The lowest BCUT2D eigenvalue weighted by Gasteiger charge is -2.11. The quantitative estimate of drug-likeness (QED) is 0.624. The topological polar surface area (TPSA) is 98.8 Å².